The molecule has 0 aromatic heterocycles. The first-order chi connectivity index (χ1) is 8.50. The van der Waals surface area contributed by atoms with E-state index in [9.17, 15) is 0 Å². The summed E-state index contributed by atoms with van der Waals surface area (Å²) in [7, 11) is 0. The van der Waals surface area contributed by atoms with Crippen molar-refractivity contribution in [2.75, 3.05) is 12.3 Å². The van der Waals surface area contributed by atoms with E-state index in [1.165, 1.54) is 44.4 Å². The average Bonchev–Trinajstić information content (AvgIpc) is 2.74. The monoisotopic (exact) mass is 269 g/mol. The molecule has 0 bridgehead atoms. The average molecular weight is 269 g/mol. The molecule has 1 N–H and O–H groups in total. The normalized spacial score (nSPS) is 41.5. The van der Waals surface area contributed by atoms with Crippen LogP contribution in [0.2, 0.25) is 0 Å². The predicted octanol–water partition coefficient (Wildman–Crippen LogP) is 4.32. The van der Waals surface area contributed by atoms with Crippen LogP contribution >= 0.6 is 11.8 Å². The van der Waals surface area contributed by atoms with Gasteiger partial charge in [-0.1, -0.05) is 27.2 Å². The van der Waals surface area contributed by atoms with E-state index in [4.69, 9.17) is 0 Å². The van der Waals surface area contributed by atoms with Gasteiger partial charge in [0.1, 0.15) is 0 Å². The first kappa shape index (κ1) is 14.7. The highest BCUT2D eigenvalue weighted by atomic mass is 32.2. The second-order valence-electron chi connectivity index (χ2n) is 7.22. The van der Waals surface area contributed by atoms with Gasteiger partial charge in [-0.15, -0.1) is 0 Å². The Labute approximate surface area is 118 Å². The minimum absolute atomic E-state index is 0.516. The summed E-state index contributed by atoms with van der Waals surface area (Å²) in [6.07, 6.45) is 7.08. The van der Waals surface area contributed by atoms with Gasteiger partial charge >= 0.3 is 0 Å². The van der Waals surface area contributed by atoms with Crippen LogP contribution in [0.4, 0.5) is 0 Å². The summed E-state index contributed by atoms with van der Waals surface area (Å²) in [6.45, 7) is 10.9. The molecule has 1 heterocycles. The van der Waals surface area contributed by atoms with Crippen molar-refractivity contribution in [2.24, 2.45) is 17.8 Å². The van der Waals surface area contributed by atoms with Gasteiger partial charge in [0, 0.05) is 17.3 Å². The SMILES string of the molecule is CC1CCC(C(C)C)C(NCC2(C)CCCS2)C1. The predicted molar refractivity (Wildman–Crippen MR) is 83.2 cm³/mol. The van der Waals surface area contributed by atoms with Gasteiger partial charge < -0.3 is 5.32 Å². The Morgan fingerprint density at radius 3 is 2.72 bits per heavy atom. The molecule has 1 saturated carbocycles. The van der Waals surface area contributed by atoms with Gasteiger partial charge in [0.25, 0.3) is 0 Å². The standard InChI is InChI=1S/C16H31NS/c1-12(2)14-7-6-13(3)10-15(14)17-11-16(4)8-5-9-18-16/h12-15,17H,5-11H2,1-4H3. The van der Waals surface area contributed by atoms with Crippen molar-refractivity contribution < 1.29 is 0 Å². The molecule has 0 spiro atoms. The quantitative estimate of drug-likeness (QED) is 0.815. The van der Waals surface area contributed by atoms with Gasteiger partial charge in [-0.25, -0.2) is 0 Å². The van der Waals surface area contributed by atoms with Crippen LogP contribution in [0.25, 0.3) is 0 Å². The molecule has 4 unspecified atom stereocenters. The molecular weight excluding hydrogens is 238 g/mol. The molecule has 18 heavy (non-hydrogen) atoms. The van der Waals surface area contributed by atoms with Crippen LogP contribution in [-0.4, -0.2) is 23.1 Å². The molecule has 2 aliphatic rings. The van der Waals surface area contributed by atoms with E-state index < -0.39 is 0 Å². The Morgan fingerprint density at radius 1 is 1.33 bits per heavy atom. The van der Waals surface area contributed by atoms with Crippen molar-refractivity contribution in [3.05, 3.63) is 0 Å². The highest BCUT2D eigenvalue weighted by molar-refractivity contribution is 8.00. The number of thioether (sulfide) groups is 1. The molecule has 2 heteroatoms. The molecule has 4 atom stereocenters. The van der Waals surface area contributed by atoms with Crippen molar-refractivity contribution in [1.29, 1.82) is 0 Å². The molecule has 0 amide bonds. The molecule has 1 saturated heterocycles. The van der Waals surface area contributed by atoms with Crippen LogP contribution in [0, 0.1) is 17.8 Å². The summed E-state index contributed by atoms with van der Waals surface area (Å²) in [5, 5.41) is 3.95. The van der Waals surface area contributed by atoms with Crippen molar-refractivity contribution in [2.45, 2.75) is 70.6 Å². The fourth-order valence-electron chi connectivity index (χ4n) is 3.76. The smallest absolute Gasteiger partial charge is 0.0256 e. The third-order valence-electron chi connectivity index (χ3n) is 5.06. The van der Waals surface area contributed by atoms with E-state index in [0.29, 0.717) is 4.75 Å². The fourth-order valence-corrected chi connectivity index (χ4v) is 5.02. The summed E-state index contributed by atoms with van der Waals surface area (Å²) >= 11 is 2.18. The molecule has 2 fully saturated rings. The molecule has 1 nitrogen and oxygen atoms in total. The van der Waals surface area contributed by atoms with E-state index >= 15 is 0 Å². The molecule has 0 aromatic carbocycles. The Hall–Kier alpha value is 0.310. The van der Waals surface area contributed by atoms with Gasteiger partial charge in [0.05, 0.1) is 0 Å². The van der Waals surface area contributed by atoms with Gasteiger partial charge in [-0.05, 0) is 56.1 Å². The van der Waals surface area contributed by atoms with E-state index in [1.54, 1.807) is 0 Å². The van der Waals surface area contributed by atoms with Crippen LogP contribution < -0.4 is 5.32 Å². The minimum atomic E-state index is 0.516. The van der Waals surface area contributed by atoms with Crippen LogP contribution in [0.3, 0.4) is 0 Å². The lowest BCUT2D eigenvalue weighted by Crippen LogP contribution is -2.47. The first-order valence-corrected chi connectivity index (χ1v) is 8.86. The molecule has 106 valence electrons. The fraction of sp³-hybridized carbons (Fsp3) is 1.00. The number of rotatable bonds is 4. The third-order valence-corrected chi connectivity index (χ3v) is 6.60. The Balaban J connectivity index is 1.88. The highest BCUT2D eigenvalue weighted by Crippen LogP contribution is 2.38. The number of hydrogen-bond donors (Lipinski definition) is 1. The first-order valence-electron chi connectivity index (χ1n) is 7.87. The zero-order valence-electron chi connectivity index (χ0n) is 12.7. The Morgan fingerprint density at radius 2 is 2.11 bits per heavy atom. The van der Waals surface area contributed by atoms with Crippen molar-refractivity contribution in [3.8, 4) is 0 Å². The van der Waals surface area contributed by atoms with E-state index in [-0.39, 0.29) is 0 Å². The maximum absolute atomic E-state index is 3.95. The minimum Gasteiger partial charge on any atom is -0.312 e. The molecule has 1 aliphatic heterocycles. The summed E-state index contributed by atoms with van der Waals surface area (Å²) in [5.41, 5.74) is 0. The lowest BCUT2D eigenvalue weighted by Gasteiger charge is -2.39. The van der Waals surface area contributed by atoms with Crippen LogP contribution in [0.1, 0.15) is 59.8 Å². The van der Waals surface area contributed by atoms with E-state index in [0.717, 1.165) is 23.8 Å². The lowest BCUT2D eigenvalue weighted by atomic mass is 9.74. The zero-order chi connectivity index (χ0) is 13.2. The van der Waals surface area contributed by atoms with Crippen LogP contribution in [0.5, 0.6) is 0 Å². The Kier molecular flexibility index (Phi) is 5.05. The van der Waals surface area contributed by atoms with E-state index in [1.807, 2.05) is 0 Å². The molecule has 0 radical (unpaired) electrons. The Bertz CT molecular complexity index is 258. The maximum Gasteiger partial charge on any atom is 0.0256 e. The largest absolute Gasteiger partial charge is 0.312 e. The second-order valence-corrected chi connectivity index (χ2v) is 8.90. The van der Waals surface area contributed by atoms with Crippen LogP contribution in [-0.2, 0) is 0 Å². The van der Waals surface area contributed by atoms with E-state index in [2.05, 4.69) is 44.8 Å². The van der Waals surface area contributed by atoms with Gasteiger partial charge in [0.15, 0.2) is 0 Å². The summed E-state index contributed by atoms with van der Waals surface area (Å²) in [4.78, 5) is 0. The number of nitrogens with one attached hydrogen (secondary N) is 1. The van der Waals surface area contributed by atoms with Crippen molar-refractivity contribution in [3.63, 3.8) is 0 Å². The van der Waals surface area contributed by atoms with Gasteiger partial charge in [0.2, 0.25) is 0 Å². The number of hydrogen-bond acceptors (Lipinski definition) is 2. The second kappa shape index (κ2) is 6.17. The molecule has 2 rings (SSSR count). The van der Waals surface area contributed by atoms with Crippen molar-refractivity contribution in [1.82, 2.24) is 5.32 Å². The molecule has 0 aromatic rings. The van der Waals surface area contributed by atoms with Crippen molar-refractivity contribution >= 4 is 11.8 Å². The summed E-state index contributed by atoms with van der Waals surface area (Å²) < 4.78 is 0.516. The summed E-state index contributed by atoms with van der Waals surface area (Å²) in [5.74, 6) is 4.02. The topological polar surface area (TPSA) is 12.0 Å². The lowest BCUT2D eigenvalue weighted by molar-refractivity contribution is 0.168. The molecule has 1 aliphatic carbocycles. The molecular formula is C16H31NS. The zero-order valence-corrected chi connectivity index (χ0v) is 13.5. The van der Waals surface area contributed by atoms with Crippen LogP contribution in [0.15, 0.2) is 0 Å². The highest BCUT2D eigenvalue weighted by Gasteiger charge is 2.34. The van der Waals surface area contributed by atoms with Gasteiger partial charge in [-0.3, -0.25) is 0 Å². The maximum atomic E-state index is 3.95. The summed E-state index contributed by atoms with van der Waals surface area (Å²) in [6, 6.07) is 0.770. The third kappa shape index (κ3) is 3.66. The van der Waals surface area contributed by atoms with Gasteiger partial charge in [-0.2, -0.15) is 11.8 Å².